The Balaban J connectivity index is 1.77. The van der Waals surface area contributed by atoms with Crippen LogP contribution in [0.15, 0.2) is 33.3 Å². The van der Waals surface area contributed by atoms with Crippen molar-refractivity contribution in [2.24, 2.45) is 0 Å². The third-order valence-corrected chi connectivity index (χ3v) is 4.70. The predicted octanol–water partition coefficient (Wildman–Crippen LogP) is 3.45. The van der Waals surface area contributed by atoms with Gasteiger partial charge in [-0.3, -0.25) is 0 Å². The summed E-state index contributed by atoms with van der Waals surface area (Å²) in [7, 11) is 0. The fraction of sp³-hybridized carbons (Fsp3) is 0.500. The number of rotatable bonds is 5. The van der Waals surface area contributed by atoms with Gasteiger partial charge in [0.1, 0.15) is 0 Å². The molecule has 1 saturated heterocycles. The Labute approximate surface area is 133 Å². The molecule has 1 aromatic carbocycles. The van der Waals surface area contributed by atoms with Gasteiger partial charge in [0.25, 0.3) is 0 Å². The van der Waals surface area contributed by atoms with Crippen molar-refractivity contribution in [2.45, 2.75) is 38.0 Å². The molecule has 1 aromatic heterocycles. The van der Waals surface area contributed by atoms with Crippen molar-refractivity contribution in [1.29, 1.82) is 0 Å². The van der Waals surface area contributed by atoms with Crippen molar-refractivity contribution in [3.63, 3.8) is 0 Å². The molecule has 0 aliphatic carbocycles. The molecule has 0 radical (unpaired) electrons. The van der Waals surface area contributed by atoms with Crippen molar-refractivity contribution in [3.8, 4) is 0 Å². The average molecular weight is 350 g/mol. The van der Waals surface area contributed by atoms with Crippen molar-refractivity contribution < 1.29 is 4.52 Å². The molecule has 0 bridgehead atoms. The summed E-state index contributed by atoms with van der Waals surface area (Å²) in [6, 6.07) is 8.24. The number of hydrogen-bond acceptors (Lipinski definition) is 4. The van der Waals surface area contributed by atoms with E-state index in [0.717, 1.165) is 48.5 Å². The highest BCUT2D eigenvalue weighted by Crippen LogP contribution is 2.34. The Hall–Kier alpha value is -1.20. The van der Waals surface area contributed by atoms with Crippen LogP contribution in [0.1, 0.15) is 43.5 Å². The zero-order chi connectivity index (χ0) is 14.7. The van der Waals surface area contributed by atoms with Crippen molar-refractivity contribution >= 4 is 15.9 Å². The molecule has 1 atom stereocenters. The second-order valence-corrected chi connectivity index (χ2v) is 6.69. The van der Waals surface area contributed by atoms with E-state index < -0.39 is 0 Å². The molecule has 1 N–H and O–H groups in total. The highest BCUT2D eigenvalue weighted by Gasteiger charge is 2.39. The summed E-state index contributed by atoms with van der Waals surface area (Å²) in [4.78, 5) is 4.67. The van der Waals surface area contributed by atoms with E-state index in [0.29, 0.717) is 6.42 Å². The zero-order valence-electron chi connectivity index (χ0n) is 12.2. The molecule has 112 valence electrons. The second-order valence-electron chi connectivity index (χ2n) is 5.78. The SMILES string of the molecule is CCCC1(c2nc(Cc3ccc(Br)cc3)no2)CCNC1. The van der Waals surface area contributed by atoms with E-state index >= 15 is 0 Å². The van der Waals surface area contributed by atoms with E-state index in [9.17, 15) is 0 Å². The molecule has 3 rings (SSSR count). The Morgan fingerprint density at radius 2 is 2.14 bits per heavy atom. The Morgan fingerprint density at radius 1 is 1.33 bits per heavy atom. The molecule has 21 heavy (non-hydrogen) atoms. The number of nitrogens with zero attached hydrogens (tertiary/aromatic N) is 2. The van der Waals surface area contributed by atoms with Crippen molar-refractivity contribution in [2.75, 3.05) is 13.1 Å². The first-order chi connectivity index (χ1) is 10.2. The molecule has 1 unspecified atom stereocenters. The van der Waals surface area contributed by atoms with E-state index in [1.165, 1.54) is 5.56 Å². The van der Waals surface area contributed by atoms with Gasteiger partial charge in [-0.15, -0.1) is 0 Å². The van der Waals surface area contributed by atoms with Gasteiger partial charge < -0.3 is 9.84 Å². The molecule has 1 aliphatic heterocycles. The van der Waals surface area contributed by atoms with Crippen LogP contribution < -0.4 is 5.32 Å². The maximum Gasteiger partial charge on any atom is 0.234 e. The zero-order valence-corrected chi connectivity index (χ0v) is 13.8. The van der Waals surface area contributed by atoms with Gasteiger partial charge in [-0.2, -0.15) is 4.98 Å². The topological polar surface area (TPSA) is 51.0 Å². The highest BCUT2D eigenvalue weighted by atomic mass is 79.9. The summed E-state index contributed by atoms with van der Waals surface area (Å²) in [5.74, 6) is 1.58. The van der Waals surface area contributed by atoms with Crippen LogP contribution >= 0.6 is 15.9 Å². The van der Waals surface area contributed by atoms with Crippen LogP contribution in [0, 0.1) is 0 Å². The first-order valence-electron chi connectivity index (χ1n) is 7.50. The fourth-order valence-electron chi connectivity index (χ4n) is 3.05. The van der Waals surface area contributed by atoms with Crippen LogP contribution in [-0.2, 0) is 11.8 Å². The first kappa shape index (κ1) is 14.7. The van der Waals surface area contributed by atoms with Gasteiger partial charge in [0, 0.05) is 17.4 Å². The van der Waals surface area contributed by atoms with Crippen molar-refractivity contribution in [1.82, 2.24) is 15.5 Å². The summed E-state index contributed by atoms with van der Waals surface area (Å²) >= 11 is 3.45. The Kier molecular flexibility index (Phi) is 4.40. The van der Waals surface area contributed by atoms with Crippen LogP contribution in [0.25, 0.3) is 0 Å². The lowest BCUT2D eigenvalue weighted by Gasteiger charge is -2.22. The minimum atomic E-state index is 0.0414. The van der Waals surface area contributed by atoms with E-state index in [2.05, 4.69) is 50.4 Å². The first-order valence-corrected chi connectivity index (χ1v) is 8.29. The standard InChI is InChI=1S/C16H20BrN3O/c1-2-7-16(8-9-18-11-16)15-19-14(20-21-15)10-12-3-5-13(17)6-4-12/h3-6,18H,2,7-11H2,1H3. The summed E-state index contributed by atoms with van der Waals surface area (Å²) < 4.78 is 6.67. The minimum absolute atomic E-state index is 0.0414. The van der Waals surface area contributed by atoms with Crippen LogP contribution in [0.3, 0.4) is 0 Å². The second kappa shape index (κ2) is 6.28. The third-order valence-electron chi connectivity index (χ3n) is 4.17. The fourth-order valence-corrected chi connectivity index (χ4v) is 3.32. The smallest absolute Gasteiger partial charge is 0.234 e. The summed E-state index contributed by atoms with van der Waals surface area (Å²) in [6.07, 6.45) is 4.03. The molecule has 5 heteroatoms. The Bertz CT molecular complexity index is 588. The quantitative estimate of drug-likeness (QED) is 0.897. The number of nitrogens with one attached hydrogen (secondary N) is 1. The van der Waals surface area contributed by atoms with Gasteiger partial charge in [-0.25, -0.2) is 0 Å². The Morgan fingerprint density at radius 3 is 2.81 bits per heavy atom. The van der Waals surface area contributed by atoms with Crippen LogP contribution in [0.4, 0.5) is 0 Å². The maximum atomic E-state index is 5.59. The minimum Gasteiger partial charge on any atom is -0.339 e. The summed E-state index contributed by atoms with van der Waals surface area (Å²) in [5, 5.41) is 7.61. The van der Waals surface area contributed by atoms with Gasteiger partial charge in [-0.05, 0) is 37.1 Å². The molecule has 2 heterocycles. The number of aromatic nitrogens is 2. The third kappa shape index (κ3) is 3.19. The number of halogens is 1. The molecule has 0 amide bonds. The molecule has 2 aromatic rings. The lowest BCUT2D eigenvalue weighted by Crippen LogP contribution is -2.29. The predicted molar refractivity (Wildman–Crippen MR) is 85.3 cm³/mol. The summed E-state index contributed by atoms with van der Waals surface area (Å²) in [6.45, 7) is 4.18. The molecule has 4 nitrogen and oxygen atoms in total. The van der Waals surface area contributed by atoms with Crippen LogP contribution in [-0.4, -0.2) is 23.2 Å². The monoisotopic (exact) mass is 349 g/mol. The van der Waals surface area contributed by atoms with Gasteiger partial charge >= 0.3 is 0 Å². The maximum absolute atomic E-state index is 5.59. The van der Waals surface area contributed by atoms with Crippen LogP contribution in [0.5, 0.6) is 0 Å². The average Bonchev–Trinajstić information content (AvgIpc) is 3.12. The lowest BCUT2D eigenvalue weighted by atomic mass is 9.82. The van der Waals surface area contributed by atoms with Gasteiger partial charge in [-0.1, -0.05) is 46.6 Å². The van der Waals surface area contributed by atoms with Gasteiger partial charge in [0.2, 0.25) is 5.89 Å². The van der Waals surface area contributed by atoms with Gasteiger partial charge in [0.05, 0.1) is 5.41 Å². The van der Waals surface area contributed by atoms with E-state index in [1.54, 1.807) is 0 Å². The van der Waals surface area contributed by atoms with Crippen molar-refractivity contribution in [3.05, 3.63) is 46.0 Å². The largest absolute Gasteiger partial charge is 0.339 e. The molecule has 1 aliphatic rings. The molecular formula is C16H20BrN3O. The normalized spacial score (nSPS) is 21.8. The molecule has 0 saturated carbocycles. The molecular weight excluding hydrogens is 330 g/mol. The highest BCUT2D eigenvalue weighted by molar-refractivity contribution is 9.10. The molecule has 1 fully saturated rings. The van der Waals surface area contributed by atoms with E-state index in [4.69, 9.17) is 4.52 Å². The van der Waals surface area contributed by atoms with E-state index in [1.807, 2.05) is 12.1 Å². The number of hydrogen-bond donors (Lipinski definition) is 1. The summed E-state index contributed by atoms with van der Waals surface area (Å²) in [5.41, 5.74) is 1.24. The van der Waals surface area contributed by atoms with E-state index in [-0.39, 0.29) is 5.41 Å². The number of benzene rings is 1. The van der Waals surface area contributed by atoms with Gasteiger partial charge in [0.15, 0.2) is 5.82 Å². The molecule has 0 spiro atoms. The van der Waals surface area contributed by atoms with Crippen LogP contribution in [0.2, 0.25) is 0 Å². The lowest BCUT2D eigenvalue weighted by molar-refractivity contribution is 0.276.